The van der Waals surface area contributed by atoms with Crippen molar-refractivity contribution in [1.82, 2.24) is 0 Å². The number of nitro groups is 2. The summed E-state index contributed by atoms with van der Waals surface area (Å²) < 4.78 is 25.1. The quantitative estimate of drug-likeness (QED) is 0.0379. The zero-order chi connectivity index (χ0) is 61.3. The van der Waals surface area contributed by atoms with Crippen molar-refractivity contribution in [2.75, 3.05) is 34.5 Å². The molecule has 0 aliphatic carbocycles. The molecular weight excluding hydrogens is 1300 g/mol. The number of amides is 2. The third-order valence-electron chi connectivity index (χ3n) is 13.9. The fourth-order valence-electron chi connectivity index (χ4n) is 10.7. The van der Waals surface area contributed by atoms with Crippen LogP contribution in [0, 0.1) is 42.9 Å². The van der Waals surface area contributed by atoms with E-state index in [1.54, 1.807) is 111 Å². The minimum atomic E-state index is -2.04. The van der Waals surface area contributed by atoms with Gasteiger partial charge < -0.3 is 29.6 Å². The molecule has 18 nitrogen and oxygen atoms in total. The Bertz CT molecular complexity index is 3560. The number of nitriles is 2. The van der Waals surface area contributed by atoms with Gasteiger partial charge >= 0.3 is 11.9 Å². The fourth-order valence-corrected chi connectivity index (χ4v) is 11.7. The van der Waals surface area contributed by atoms with Crippen LogP contribution in [0.15, 0.2) is 190 Å². The number of nitro benzene ring substituents is 2. The van der Waals surface area contributed by atoms with E-state index in [2.05, 4.69) is 67.8 Å². The highest BCUT2D eigenvalue weighted by Crippen LogP contribution is 2.67. The molecule has 2 amide bonds. The molecule has 0 radical (unpaired) electrons. The molecule has 0 bridgehead atoms. The SMILES string of the molecule is C=C(C(=O)OCC)[C@@]1(c2ccc([N+](=O)[O-])cc2)OC(c2ccccc2)=C(C#N)[C@]12C(=O)Nc1c(Br)cccc12.C=C(C(=O)OCC)[C@@]1(c2ccc([N+](=O)[O-])cc2)OC(c2ccccc2)=C(C#N)[C@]12C(=O)Nc1c(Br)cccc12.ClCCl.ClCCl. The number of rotatable bonds is 12. The van der Waals surface area contributed by atoms with Crippen molar-refractivity contribution in [3.63, 3.8) is 0 Å². The van der Waals surface area contributed by atoms with Gasteiger partial charge in [0.1, 0.15) is 23.7 Å². The van der Waals surface area contributed by atoms with E-state index >= 15 is 0 Å². The molecule has 4 atom stereocenters. The second-order valence-electron chi connectivity index (χ2n) is 17.9. The van der Waals surface area contributed by atoms with Gasteiger partial charge in [-0.1, -0.05) is 98.1 Å². The number of fused-ring (bicyclic) bond motifs is 4. The molecule has 10 rings (SSSR count). The smallest absolute Gasteiger partial charge is 0.337 e. The van der Waals surface area contributed by atoms with Crippen LogP contribution >= 0.6 is 78.3 Å². The first-order valence-electron chi connectivity index (χ1n) is 24.8. The molecule has 0 saturated heterocycles. The number of nitrogens with zero attached hydrogens (tertiary/aromatic N) is 4. The number of halogens is 6. The van der Waals surface area contributed by atoms with E-state index in [9.17, 15) is 49.9 Å². The highest BCUT2D eigenvalue weighted by molar-refractivity contribution is 9.11. The van der Waals surface area contributed by atoms with Gasteiger partial charge in [0.25, 0.3) is 11.4 Å². The molecule has 428 valence electrons. The molecule has 0 saturated carbocycles. The number of benzene rings is 6. The van der Waals surface area contributed by atoms with Crippen molar-refractivity contribution in [2.24, 2.45) is 0 Å². The summed E-state index contributed by atoms with van der Waals surface area (Å²) >= 11 is 26.0. The topological polar surface area (TPSA) is 263 Å². The summed E-state index contributed by atoms with van der Waals surface area (Å²) in [7, 11) is 0. The van der Waals surface area contributed by atoms with Crippen LogP contribution in [0.5, 0.6) is 0 Å². The van der Waals surface area contributed by atoms with Gasteiger partial charge in [-0.3, -0.25) is 29.8 Å². The first-order valence-corrected chi connectivity index (χ1v) is 28.5. The predicted molar refractivity (Wildman–Crippen MR) is 323 cm³/mol. The number of ether oxygens (including phenoxy) is 4. The lowest BCUT2D eigenvalue weighted by Gasteiger charge is -2.42. The van der Waals surface area contributed by atoms with Crippen LogP contribution in [-0.4, -0.2) is 57.5 Å². The van der Waals surface area contributed by atoms with Crippen molar-refractivity contribution in [3.8, 4) is 12.1 Å². The minimum absolute atomic E-state index is 0.0135. The van der Waals surface area contributed by atoms with Crippen LogP contribution in [0.4, 0.5) is 22.7 Å². The van der Waals surface area contributed by atoms with Crippen LogP contribution in [-0.2, 0) is 60.2 Å². The maximum absolute atomic E-state index is 14.3. The minimum Gasteiger partial charge on any atom is -0.474 e. The summed E-state index contributed by atoms with van der Waals surface area (Å²) in [4.78, 5) is 77.2. The summed E-state index contributed by atoms with van der Waals surface area (Å²) in [5.74, 6) is -2.81. The van der Waals surface area contributed by atoms with Gasteiger partial charge in [0.15, 0.2) is 22.0 Å². The molecule has 4 aliphatic rings. The number of esters is 2. The van der Waals surface area contributed by atoms with E-state index in [1.165, 1.54) is 48.5 Å². The molecule has 84 heavy (non-hydrogen) atoms. The van der Waals surface area contributed by atoms with Crippen LogP contribution < -0.4 is 10.6 Å². The summed E-state index contributed by atoms with van der Waals surface area (Å²) in [5, 5.41) is 50.3. The lowest BCUT2D eigenvalue weighted by atomic mass is 9.59. The largest absolute Gasteiger partial charge is 0.474 e. The van der Waals surface area contributed by atoms with Gasteiger partial charge in [-0.25, -0.2) is 9.59 Å². The molecule has 0 fully saturated rings. The molecule has 6 aromatic rings. The molecule has 2 spiro atoms. The van der Waals surface area contributed by atoms with Gasteiger partial charge in [-0.05, 0) is 82.1 Å². The maximum atomic E-state index is 14.3. The first-order chi connectivity index (χ1) is 40.3. The summed E-state index contributed by atoms with van der Waals surface area (Å²) in [5.41, 5.74) is -6.06. The number of para-hydroxylation sites is 2. The van der Waals surface area contributed by atoms with E-state index in [4.69, 9.17) is 65.4 Å². The molecule has 0 unspecified atom stereocenters. The number of hydrogen-bond donors (Lipinski definition) is 2. The Morgan fingerprint density at radius 2 is 0.893 bits per heavy atom. The number of carbonyl (C=O) groups excluding carboxylic acids is 4. The summed E-state index contributed by atoms with van der Waals surface area (Å²) in [6, 6.07) is 42.6. The van der Waals surface area contributed by atoms with Gasteiger partial charge in [-0.2, -0.15) is 10.5 Å². The predicted octanol–water partition coefficient (Wildman–Crippen LogP) is 13.9. The lowest BCUT2D eigenvalue weighted by molar-refractivity contribution is -0.385. The van der Waals surface area contributed by atoms with Gasteiger partial charge in [0.05, 0.1) is 67.4 Å². The monoisotopic (exact) mass is 1340 g/mol. The van der Waals surface area contributed by atoms with E-state index in [0.717, 1.165) is 0 Å². The van der Waals surface area contributed by atoms with Crippen molar-refractivity contribution < 1.29 is 48.0 Å². The average molecular weight is 1340 g/mol. The zero-order valence-electron chi connectivity index (χ0n) is 44.1. The molecule has 2 N–H and O–H groups in total. The van der Waals surface area contributed by atoms with Gasteiger partial charge in [0.2, 0.25) is 11.8 Å². The van der Waals surface area contributed by atoms with Crippen LogP contribution in [0.1, 0.15) is 47.2 Å². The Hall–Kier alpha value is -8.34. The molecule has 4 heterocycles. The molecule has 6 aromatic carbocycles. The van der Waals surface area contributed by atoms with Crippen molar-refractivity contribution in [2.45, 2.75) is 35.9 Å². The molecule has 24 heteroatoms. The van der Waals surface area contributed by atoms with Crippen LogP contribution in [0.25, 0.3) is 11.5 Å². The summed E-state index contributed by atoms with van der Waals surface area (Å²) in [6.45, 7) is 11.4. The number of hydrogen-bond acceptors (Lipinski definition) is 14. The molecule has 4 aliphatic heterocycles. The van der Waals surface area contributed by atoms with Crippen molar-refractivity contribution in [1.29, 1.82) is 10.5 Å². The van der Waals surface area contributed by atoms with Crippen LogP contribution in [0.3, 0.4) is 0 Å². The number of alkyl halides is 4. The van der Waals surface area contributed by atoms with E-state index in [0.29, 0.717) is 42.6 Å². The van der Waals surface area contributed by atoms with Gasteiger partial charge in [-0.15, -0.1) is 46.4 Å². The van der Waals surface area contributed by atoms with E-state index in [1.807, 2.05) is 0 Å². The lowest BCUT2D eigenvalue weighted by Crippen LogP contribution is -2.55. The van der Waals surface area contributed by atoms with Gasteiger partial charge in [0, 0.05) is 66.6 Å². The van der Waals surface area contributed by atoms with E-state index in [-0.39, 0.29) is 80.2 Å². The average Bonchev–Trinajstić information content (AvgIpc) is 1.53. The second kappa shape index (κ2) is 26.5. The third kappa shape index (κ3) is 10.4. The van der Waals surface area contributed by atoms with E-state index < -0.39 is 55.6 Å². The number of non-ortho nitro benzene ring substituents is 2. The number of nitrogens with one attached hydrogen (secondary N) is 2. The zero-order valence-corrected chi connectivity index (χ0v) is 50.3. The Morgan fingerprint density at radius 1 is 0.571 bits per heavy atom. The molecule has 0 aromatic heterocycles. The number of carbonyl (C=O) groups is 4. The summed E-state index contributed by atoms with van der Waals surface area (Å²) in [6.07, 6.45) is 0. The van der Waals surface area contributed by atoms with Crippen molar-refractivity contribution >= 4 is 136 Å². The highest BCUT2D eigenvalue weighted by Gasteiger charge is 2.75. The molecular formula is C60H44Br2Cl4N6O12. The Kier molecular flexibility index (Phi) is 19.9. The van der Waals surface area contributed by atoms with Crippen LogP contribution in [0.2, 0.25) is 0 Å². The Balaban J connectivity index is 0.000000221. The Labute approximate surface area is 517 Å². The second-order valence-corrected chi connectivity index (χ2v) is 21.2. The van der Waals surface area contributed by atoms with Crippen molar-refractivity contribution in [3.05, 3.63) is 244 Å². The Morgan fingerprint density at radius 3 is 1.18 bits per heavy atom. The normalized spacial score (nSPS) is 20.0. The standard InChI is InChI=1S/2C29H20BrN3O6.2CH2Cl2/c2*1-3-38-26(34)17(2)29(19-12-14-20(15-13-19)33(36)37)28(21-10-7-11-23(30)24(21)32-27(28)35)22(16-31)25(39-29)18-8-5-4-6-9-18;2*2-1-3/h2*4-15H,2-3H2,1H3,(H,32,35);2*1H2/t2*28-,29+;;/m11../s1. The number of anilines is 2. The maximum Gasteiger partial charge on any atom is 0.337 e. The third-order valence-corrected chi connectivity index (χ3v) is 15.2. The highest BCUT2D eigenvalue weighted by atomic mass is 79.9. The first kappa shape index (κ1) is 63.2. The fraction of sp³-hybridized carbons (Fsp3) is 0.167.